The number of pyridine rings is 1. The minimum atomic E-state index is -0.541. The maximum atomic E-state index is 13.3. The van der Waals surface area contributed by atoms with E-state index in [9.17, 15) is 9.18 Å². The van der Waals surface area contributed by atoms with Crippen molar-refractivity contribution in [3.8, 4) is 0 Å². The molecule has 1 amide bonds. The zero-order chi connectivity index (χ0) is 12.8. The van der Waals surface area contributed by atoms with Crippen LogP contribution in [0.1, 0.15) is 20.3 Å². The molecule has 0 radical (unpaired) electrons. The standard InChI is InChI=1S/C12H18FN3O/c1-8(2)5-9(6-14)12(17)16-11-3-4-15-7-10(11)13/h3-4,7-9H,5-6,14H2,1-2H3,(H,15,16,17). The Bertz CT molecular complexity index is 382. The van der Waals surface area contributed by atoms with Crippen LogP contribution < -0.4 is 11.1 Å². The van der Waals surface area contributed by atoms with Crippen LogP contribution in [0, 0.1) is 17.7 Å². The number of hydrogen-bond donors (Lipinski definition) is 2. The van der Waals surface area contributed by atoms with E-state index >= 15 is 0 Å². The molecule has 4 nitrogen and oxygen atoms in total. The molecule has 17 heavy (non-hydrogen) atoms. The van der Waals surface area contributed by atoms with Crippen molar-refractivity contribution in [3.05, 3.63) is 24.3 Å². The largest absolute Gasteiger partial charge is 0.330 e. The van der Waals surface area contributed by atoms with E-state index in [1.54, 1.807) is 0 Å². The molecule has 0 aliphatic heterocycles. The topological polar surface area (TPSA) is 68.0 Å². The maximum Gasteiger partial charge on any atom is 0.228 e. The summed E-state index contributed by atoms with van der Waals surface area (Å²) in [6.45, 7) is 4.29. The lowest BCUT2D eigenvalue weighted by Gasteiger charge is -2.16. The SMILES string of the molecule is CC(C)CC(CN)C(=O)Nc1ccncc1F. The first-order valence-electron chi connectivity index (χ1n) is 5.65. The van der Waals surface area contributed by atoms with Crippen molar-refractivity contribution in [1.29, 1.82) is 0 Å². The molecule has 1 rings (SSSR count). The fraction of sp³-hybridized carbons (Fsp3) is 0.500. The smallest absolute Gasteiger partial charge is 0.228 e. The molecule has 0 spiro atoms. The van der Waals surface area contributed by atoms with Crippen molar-refractivity contribution >= 4 is 11.6 Å². The number of hydrogen-bond acceptors (Lipinski definition) is 3. The van der Waals surface area contributed by atoms with Crippen LogP contribution in [0.2, 0.25) is 0 Å². The van der Waals surface area contributed by atoms with Gasteiger partial charge in [-0.25, -0.2) is 4.39 Å². The number of nitrogens with zero attached hydrogens (tertiary/aromatic N) is 1. The van der Waals surface area contributed by atoms with Crippen molar-refractivity contribution in [1.82, 2.24) is 4.98 Å². The summed E-state index contributed by atoms with van der Waals surface area (Å²) in [5, 5.41) is 2.53. The van der Waals surface area contributed by atoms with Crippen LogP contribution in [-0.2, 0) is 4.79 Å². The van der Waals surface area contributed by atoms with E-state index in [2.05, 4.69) is 10.3 Å². The van der Waals surface area contributed by atoms with Crippen LogP contribution in [0.4, 0.5) is 10.1 Å². The number of nitrogens with one attached hydrogen (secondary N) is 1. The first kappa shape index (κ1) is 13.6. The predicted octanol–water partition coefficient (Wildman–Crippen LogP) is 1.78. The van der Waals surface area contributed by atoms with E-state index in [1.807, 2.05) is 13.8 Å². The number of nitrogens with two attached hydrogens (primary N) is 1. The summed E-state index contributed by atoms with van der Waals surface area (Å²) in [6.07, 6.45) is 3.18. The molecule has 5 heteroatoms. The number of carbonyl (C=O) groups is 1. The lowest BCUT2D eigenvalue weighted by atomic mass is 9.96. The molecule has 94 valence electrons. The Morgan fingerprint density at radius 1 is 1.59 bits per heavy atom. The molecule has 1 atom stereocenters. The third kappa shape index (κ3) is 4.11. The second-order valence-electron chi connectivity index (χ2n) is 4.41. The van der Waals surface area contributed by atoms with Gasteiger partial charge in [0.15, 0.2) is 5.82 Å². The summed E-state index contributed by atoms with van der Waals surface area (Å²) in [5.74, 6) is -0.702. The number of amides is 1. The van der Waals surface area contributed by atoms with E-state index in [4.69, 9.17) is 5.73 Å². The highest BCUT2D eigenvalue weighted by molar-refractivity contribution is 5.92. The van der Waals surface area contributed by atoms with Crippen LogP contribution >= 0.6 is 0 Å². The third-order valence-electron chi connectivity index (χ3n) is 2.44. The average molecular weight is 239 g/mol. The highest BCUT2D eigenvalue weighted by Crippen LogP contribution is 2.16. The Hall–Kier alpha value is -1.49. The predicted molar refractivity (Wildman–Crippen MR) is 64.8 cm³/mol. The monoisotopic (exact) mass is 239 g/mol. The van der Waals surface area contributed by atoms with Crippen LogP contribution in [0.25, 0.3) is 0 Å². The number of carbonyl (C=O) groups excluding carboxylic acids is 1. The molecule has 0 bridgehead atoms. The second kappa shape index (κ2) is 6.30. The van der Waals surface area contributed by atoms with Crippen LogP contribution in [-0.4, -0.2) is 17.4 Å². The van der Waals surface area contributed by atoms with Gasteiger partial charge in [0.1, 0.15) is 0 Å². The van der Waals surface area contributed by atoms with E-state index in [1.165, 1.54) is 12.3 Å². The molecular formula is C12H18FN3O. The van der Waals surface area contributed by atoms with Gasteiger partial charge in [-0.15, -0.1) is 0 Å². The number of rotatable bonds is 5. The van der Waals surface area contributed by atoms with Gasteiger partial charge >= 0.3 is 0 Å². The van der Waals surface area contributed by atoms with Crippen molar-refractivity contribution in [2.45, 2.75) is 20.3 Å². The summed E-state index contributed by atoms with van der Waals surface area (Å²) in [7, 11) is 0. The molecular weight excluding hydrogens is 221 g/mol. The lowest BCUT2D eigenvalue weighted by molar-refractivity contribution is -0.120. The van der Waals surface area contributed by atoms with Gasteiger partial charge in [-0.05, 0) is 18.4 Å². The molecule has 1 unspecified atom stereocenters. The lowest BCUT2D eigenvalue weighted by Crippen LogP contribution is -2.30. The van der Waals surface area contributed by atoms with Crippen molar-refractivity contribution in [2.75, 3.05) is 11.9 Å². The van der Waals surface area contributed by atoms with Gasteiger partial charge in [0, 0.05) is 12.7 Å². The summed E-state index contributed by atoms with van der Waals surface area (Å²) in [6, 6.07) is 1.43. The van der Waals surface area contributed by atoms with Gasteiger partial charge in [-0.1, -0.05) is 13.8 Å². The number of aromatic nitrogens is 1. The van der Waals surface area contributed by atoms with E-state index < -0.39 is 5.82 Å². The zero-order valence-electron chi connectivity index (χ0n) is 10.1. The summed E-state index contributed by atoms with van der Waals surface area (Å²) in [4.78, 5) is 15.5. The first-order valence-corrected chi connectivity index (χ1v) is 5.65. The van der Waals surface area contributed by atoms with E-state index in [-0.39, 0.29) is 24.1 Å². The summed E-state index contributed by atoms with van der Waals surface area (Å²) >= 11 is 0. The van der Waals surface area contributed by atoms with E-state index in [0.717, 1.165) is 6.20 Å². The van der Waals surface area contributed by atoms with Crippen LogP contribution in [0.15, 0.2) is 18.5 Å². The van der Waals surface area contributed by atoms with Crippen molar-refractivity contribution < 1.29 is 9.18 Å². The van der Waals surface area contributed by atoms with Crippen LogP contribution in [0.5, 0.6) is 0 Å². The summed E-state index contributed by atoms with van der Waals surface area (Å²) < 4.78 is 13.3. The van der Waals surface area contributed by atoms with E-state index in [0.29, 0.717) is 12.3 Å². The normalized spacial score (nSPS) is 12.5. The Morgan fingerprint density at radius 2 is 2.29 bits per heavy atom. The minimum Gasteiger partial charge on any atom is -0.330 e. The minimum absolute atomic E-state index is 0.146. The van der Waals surface area contributed by atoms with Crippen LogP contribution in [0.3, 0.4) is 0 Å². The molecule has 1 aromatic rings. The van der Waals surface area contributed by atoms with Crippen molar-refractivity contribution in [2.24, 2.45) is 17.6 Å². The maximum absolute atomic E-state index is 13.3. The number of halogens is 1. The zero-order valence-corrected chi connectivity index (χ0v) is 10.1. The summed E-state index contributed by atoms with van der Waals surface area (Å²) in [5.41, 5.74) is 5.69. The highest BCUT2D eigenvalue weighted by Gasteiger charge is 2.19. The first-order chi connectivity index (χ1) is 8.04. The van der Waals surface area contributed by atoms with Gasteiger partial charge in [0.25, 0.3) is 0 Å². The fourth-order valence-corrected chi connectivity index (χ4v) is 1.59. The molecule has 0 aliphatic carbocycles. The van der Waals surface area contributed by atoms with Gasteiger partial charge < -0.3 is 11.1 Å². The molecule has 1 heterocycles. The molecule has 0 saturated carbocycles. The number of anilines is 1. The molecule has 1 aromatic heterocycles. The quantitative estimate of drug-likeness (QED) is 0.823. The molecule has 0 aromatic carbocycles. The Morgan fingerprint density at radius 3 is 2.82 bits per heavy atom. The highest BCUT2D eigenvalue weighted by atomic mass is 19.1. The molecule has 0 aliphatic rings. The second-order valence-corrected chi connectivity index (χ2v) is 4.41. The van der Waals surface area contributed by atoms with Gasteiger partial charge in [0.2, 0.25) is 5.91 Å². The molecule has 0 fully saturated rings. The molecule has 0 saturated heterocycles. The Labute approximate surface area is 100 Å². The average Bonchev–Trinajstić information content (AvgIpc) is 2.28. The Balaban J connectivity index is 2.67. The molecule has 3 N–H and O–H groups in total. The van der Waals surface area contributed by atoms with Gasteiger partial charge in [-0.3, -0.25) is 9.78 Å². The Kier molecular flexibility index (Phi) is 5.03. The van der Waals surface area contributed by atoms with Gasteiger partial charge in [0.05, 0.1) is 17.8 Å². The van der Waals surface area contributed by atoms with Crippen molar-refractivity contribution in [3.63, 3.8) is 0 Å². The third-order valence-corrected chi connectivity index (χ3v) is 2.44. The fourth-order valence-electron chi connectivity index (χ4n) is 1.59. The van der Waals surface area contributed by atoms with Gasteiger partial charge in [-0.2, -0.15) is 0 Å².